The molecule has 2 N–H and O–H groups in total. The minimum atomic E-state index is -0.963. The predicted molar refractivity (Wildman–Crippen MR) is 119 cm³/mol. The summed E-state index contributed by atoms with van der Waals surface area (Å²) >= 11 is 0. The molecule has 2 aromatic rings. The van der Waals surface area contributed by atoms with E-state index in [2.05, 4.69) is 15.6 Å². The van der Waals surface area contributed by atoms with Gasteiger partial charge in [-0.3, -0.25) is 14.4 Å². The number of ether oxygens (including phenoxy) is 1. The molecule has 0 saturated heterocycles. The number of aromatic nitrogens is 1. The molecule has 1 aliphatic carbocycles. The molecule has 1 fully saturated rings. The zero-order valence-corrected chi connectivity index (χ0v) is 18.6. The molecule has 178 valence electrons. The highest BCUT2D eigenvalue weighted by atomic mass is 19.1. The third-order valence-electron chi connectivity index (χ3n) is 6.43. The lowest BCUT2D eigenvalue weighted by Crippen LogP contribution is -2.49. The van der Waals surface area contributed by atoms with Crippen molar-refractivity contribution in [3.63, 3.8) is 0 Å². The minimum absolute atomic E-state index is 0.00735. The van der Waals surface area contributed by atoms with Crippen molar-refractivity contribution in [2.45, 2.75) is 37.8 Å². The summed E-state index contributed by atoms with van der Waals surface area (Å²) in [4.78, 5) is 33.7. The summed E-state index contributed by atoms with van der Waals surface area (Å²) in [7, 11) is 1.45. The number of hydrogen-bond acceptors (Lipinski definition) is 6. The third-order valence-corrected chi connectivity index (χ3v) is 6.43. The predicted octanol–water partition coefficient (Wildman–Crippen LogP) is 3.19. The molecule has 1 aromatic carbocycles. The van der Waals surface area contributed by atoms with Crippen LogP contribution in [0.15, 0.2) is 30.3 Å². The van der Waals surface area contributed by atoms with Crippen molar-refractivity contribution in [1.82, 2.24) is 15.4 Å². The summed E-state index contributed by atoms with van der Waals surface area (Å²) in [6.07, 6.45) is 4.72. The van der Waals surface area contributed by atoms with Crippen LogP contribution in [0.3, 0.4) is 0 Å². The lowest BCUT2D eigenvalue weighted by Gasteiger charge is -2.35. The molecule has 34 heavy (non-hydrogen) atoms. The standard InChI is InChI=1S/C24H24F2N4O4/c1-27-22(31)18-5-4-16(21(26)28-18)15-6-9-30(33-13-15)12-14-10-17(25)20-19(11-14)29-23(32)24(34-20)7-2-3-8-24/h4-6,10-11H,2-3,7-9,12-13H2,1H3,(H,27,31)(H,29,32). The third kappa shape index (κ3) is 4.03. The molecule has 3 aliphatic rings. The van der Waals surface area contributed by atoms with Crippen molar-refractivity contribution in [2.24, 2.45) is 0 Å². The maximum Gasteiger partial charge on any atom is 0.269 e. The van der Waals surface area contributed by atoms with Gasteiger partial charge in [0.2, 0.25) is 5.95 Å². The summed E-state index contributed by atoms with van der Waals surface area (Å²) in [5, 5.41) is 6.82. The average molecular weight is 470 g/mol. The number of benzene rings is 1. The van der Waals surface area contributed by atoms with E-state index in [-0.39, 0.29) is 36.1 Å². The van der Waals surface area contributed by atoms with E-state index in [1.165, 1.54) is 25.2 Å². The van der Waals surface area contributed by atoms with Gasteiger partial charge in [-0.15, -0.1) is 0 Å². The van der Waals surface area contributed by atoms with Crippen LogP contribution in [0.1, 0.15) is 47.3 Å². The van der Waals surface area contributed by atoms with Crippen molar-refractivity contribution in [3.05, 3.63) is 58.9 Å². The average Bonchev–Trinajstić information content (AvgIpc) is 3.30. The molecule has 1 aromatic heterocycles. The molecule has 0 bridgehead atoms. The maximum absolute atomic E-state index is 14.9. The number of nitrogens with zero attached hydrogens (tertiary/aromatic N) is 2. The molecule has 2 aliphatic heterocycles. The van der Waals surface area contributed by atoms with Gasteiger partial charge in [0.1, 0.15) is 5.69 Å². The van der Waals surface area contributed by atoms with Crippen molar-refractivity contribution in [1.29, 1.82) is 0 Å². The van der Waals surface area contributed by atoms with Crippen molar-refractivity contribution >= 4 is 23.1 Å². The molecule has 8 nitrogen and oxygen atoms in total. The Balaban J connectivity index is 1.28. The van der Waals surface area contributed by atoms with Gasteiger partial charge >= 0.3 is 0 Å². The number of rotatable bonds is 4. The van der Waals surface area contributed by atoms with Gasteiger partial charge in [0.15, 0.2) is 17.2 Å². The van der Waals surface area contributed by atoms with E-state index in [0.29, 0.717) is 36.2 Å². The quantitative estimate of drug-likeness (QED) is 0.667. The van der Waals surface area contributed by atoms with Crippen molar-refractivity contribution in [3.8, 4) is 5.75 Å². The van der Waals surface area contributed by atoms with E-state index < -0.39 is 23.3 Å². The molecular formula is C24H24F2N4O4. The molecule has 5 rings (SSSR count). The van der Waals surface area contributed by atoms with Crippen molar-refractivity contribution < 1.29 is 27.9 Å². The highest BCUT2D eigenvalue weighted by Crippen LogP contribution is 2.43. The smallest absolute Gasteiger partial charge is 0.269 e. The Kier molecular flexibility index (Phi) is 5.78. The first-order valence-corrected chi connectivity index (χ1v) is 11.2. The fraction of sp³-hybridized carbons (Fsp3) is 0.375. The first-order valence-electron chi connectivity index (χ1n) is 11.2. The van der Waals surface area contributed by atoms with E-state index in [1.54, 1.807) is 17.2 Å². The molecule has 0 radical (unpaired) electrons. The van der Waals surface area contributed by atoms with Gasteiger partial charge in [-0.1, -0.05) is 6.08 Å². The van der Waals surface area contributed by atoms with E-state index in [4.69, 9.17) is 9.57 Å². The Bertz CT molecular complexity index is 1190. The van der Waals surface area contributed by atoms with Crippen LogP contribution in [-0.2, 0) is 16.2 Å². The summed E-state index contributed by atoms with van der Waals surface area (Å²) < 4.78 is 35.2. The van der Waals surface area contributed by atoms with Gasteiger partial charge in [0.05, 0.1) is 12.3 Å². The number of carbonyl (C=O) groups excluding carboxylic acids is 2. The van der Waals surface area contributed by atoms with E-state index in [0.717, 1.165) is 12.8 Å². The molecule has 0 atom stereocenters. The molecule has 0 unspecified atom stereocenters. The molecule has 1 saturated carbocycles. The highest BCUT2D eigenvalue weighted by molar-refractivity contribution is 6.01. The van der Waals surface area contributed by atoms with Crippen LogP contribution in [0.25, 0.3) is 5.57 Å². The summed E-state index contributed by atoms with van der Waals surface area (Å²) in [6, 6.07) is 6.01. The normalized spacial score (nSPS) is 19.3. The van der Waals surface area contributed by atoms with Gasteiger partial charge in [0.25, 0.3) is 11.8 Å². The topological polar surface area (TPSA) is 92.8 Å². The maximum atomic E-state index is 14.9. The highest BCUT2D eigenvalue weighted by Gasteiger charge is 2.47. The number of hydrogen-bond donors (Lipinski definition) is 2. The van der Waals surface area contributed by atoms with Crippen LogP contribution < -0.4 is 15.4 Å². The molecule has 2 amide bonds. The second-order valence-electron chi connectivity index (χ2n) is 8.65. The minimum Gasteiger partial charge on any atom is -0.472 e. The first kappa shape index (κ1) is 22.4. The molecule has 3 heterocycles. The number of carbonyl (C=O) groups is 2. The lowest BCUT2D eigenvalue weighted by molar-refractivity contribution is -0.150. The number of halogens is 2. The van der Waals surface area contributed by atoms with Crippen LogP contribution >= 0.6 is 0 Å². The van der Waals surface area contributed by atoms with E-state index >= 15 is 0 Å². The zero-order chi connectivity index (χ0) is 23.9. The number of fused-ring (bicyclic) bond motifs is 1. The molecular weight excluding hydrogens is 446 g/mol. The first-order chi connectivity index (χ1) is 16.4. The lowest BCUT2D eigenvalue weighted by atomic mass is 9.98. The van der Waals surface area contributed by atoms with Gasteiger partial charge in [-0.2, -0.15) is 9.45 Å². The second kappa shape index (κ2) is 8.77. The Morgan fingerprint density at radius 1 is 1.26 bits per heavy atom. The van der Waals surface area contributed by atoms with Crippen LogP contribution in [0.2, 0.25) is 0 Å². The number of anilines is 1. The monoisotopic (exact) mass is 470 g/mol. The summed E-state index contributed by atoms with van der Waals surface area (Å²) in [5.41, 5.74) is 0.802. The zero-order valence-electron chi connectivity index (χ0n) is 18.6. The van der Waals surface area contributed by atoms with Gasteiger partial charge in [-0.05, 0) is 61.1 Å². The Labute approximate surface area is 194 Å². The summed E-state index contributed by atoms with van der Waals surface area (Å²) in [5.74, 6) is -1.90. The number of amides is 2. The van der Waals surface area contributed by atoms with E-state index in [9.17, 15) is 18.4 Å². The van der Waals surface area contributed by atoms with Gasteiger partial charge in [-0.25, -0.2) is 9.37 Å². The number of hydroxylamine groups is 2. The number of nitrogens with one attached hydrogen (secondary N) is 2. The summed E-state index contributed by atoms with van der Waals surface area (Å²) in [6.45, 7) is 0.676. The number of pyridine rings is 1. The van der Waals surface area contributed by atoms with Crippen LogP contribution in [-0.4, -0.2) is 47.7 Å². The largest absolute Gasteiger partial charge is 0.472 e. The second-order valence-corrected chi connectivity index (χ2v) is 8.65. The Hall–Kier alpha value is -3.37. The molecule has 10 heteroatoms. The van der Waals surface area contributed by atoms with Crippen LogP contribution in [0.5, 0.6) is 5.75 Å². The van der Waals surface area contributed by atoms with Crippen molar-refractivity contribution in [2.75, 3.05) is 25.5 Å². The Morgan fingerprint density at radius 2 is 2.06 bits per heavy atom. The van der Waals surface area contributed by atoms with Gasteiger partial charge < -0.3 is 15.4 Å². The van der Waals surface area contributed by atoms with Crippen LogP contribution in [0.4, 0.5) is 14.5 Å². The van der Waals surface area contributed by atoms with E-state index in [1.807, 2.05) is 0 Å². The fourth-order valence-electron chi connectivity index (χ4n) is 4.60. The molecule has 1 spiro atoms. The SMILES string of the molecule is CNC(=O)c1ccc(C2=CCN(Cc3cc(F)c4c(c3)NC(=O)C3(CCCC3)O4)OC2)c(F)n1. The Morgan fingerprint density at radius 3 is 2.74 bits per heavy atom. The fourth-order valence-corrected chi connectivity index (χ4v) is 4.60. The van der Waals surface area contributed by atoms with Gasteiger partial charge in [0, 0.05) is 25.7 Å². The van der Waals surface area contributed by atoms with Crippen LogP contribution in [0, 0.1) is 11.8 Å².